The number of primary amides is 1. The number of nitrogens with two attached hydrogens (primary N) is 2. The van der Waals surface area contributed by atoms with Crippen LogP contribution in [0.15, 0.2) is 36.4 Å². The number of ether oxygens (including phenoxy) is 1. The standard InChI is InChI=1S/C18H22N2O2/c1-11-4-6-13(7-5-11)15-8-14(19)9-16(18(20)21)17(15)12(2)10-22-3/h4-9,12H,10,19H2,1-3H3,(H2,20,21). The average Bonchev–Trinajstić information content (AvgIpc) is 2.47. The number of methoxy groups -OCH3 is 1. The second-order valence-electron chi connectivity index (χ2n) is 5.62. The normalized spacial score (nSPS) is 12.1. The van der Waals surface area contributed by atoms with E-state index < -0.39 is 5.91 Å². The largest absolute Gasteiger partial charge is 0.399 e. The van der Waals surface area contributed by atoms with Gasteiger partial charge in [-0.3, -0.25) is 4.79 Å². The second kappa shape index (κ2) is 6.62. The summed E-state index contributed by atoms with van der Waals surface area (Å²) in [6.45, 7) is 4.55. The van der Waals surface area contributed by atoms with Crippen LogP contribution < -0.4 is 11.5 Å². The van der Waals surface area contributed by atoms with Crippen LogP contribution in [0.3, 0.4) is 0 Å². The Morgan fingerprint density at radius 3 is 2.41 bits per heavy atom. The fourth-order valence-electron chi connectivity index (χ4n) is 2.72. The van der Waals surface area contributed by atoms with Crippen LogP contribution in [0.4, 0.5) is 5.69 Å². The molecule has 0 bridgehead atoms. The van der Waals surface area contributed by atoms with Crippen LogP contribution in [0.25, 0.3) is 11.1 Å². The zero-order valence-electron chi connectivity index (χ0n) is 13.2. The van der Waals surface area contributed by atoms with Crippen LogP contribution in [0, 0.1) is 6.92 Å². The third-order valence-electron chi connectivity index (χ3n) is 3.74. The minimum atomic E-state index is -0.474. The summed E-state index contributed by atoms with van der Waals surface area (Å²) in [4.78, 5) is 11.8. The first-order chi connectivity index (χ1) is 10.4. The summed E-state index contributed by atoms with van der Waals surface area (Å²) in [5.41, 5.74) is 16.5. The Morgan fingerprint density at radius 2 is 1.86 bits per heavy atom. The van der Waals surface area contributed by atoms with Gasteiger partial charge < -0.3 is 16.2 Å². The molecule has 0 aliphatic rings. The number of rotatable bonds is 5. The fourth-order valence-corrected chi connectivity index (χ4v) is 2.72. The summed E-state index contributed by atoms with van der Waals surface area (Å²) in [7, 11) is 1.64. The van der Waals surface area contributed by atoms with Gasteiger partial charge in [-0.25, -0.2) is 0 Å². The zero-order chi connectivity index (χ0) is 16.3. The predicted molar refractivity (Wildman–Crippen MR) is 89.8 cm³/mol. The molecule has 1 amide bonds. The summed E-state index contributed by atoms with van der Waals surface area (Å²) in [6, 6.07) is 11.6. The Hall–Kier alpha value is -2.33. The Morgan fingerprint density at radius 1 is 1.23 bits per heavy atom. The molecule has 1 unspecified atom stereocenters. The molecule has 22 heavy (non-hydrogen) atoms. The number of aryl methyl sites for hydroxylation is 1. The Labute approximate surface area is 131 Å². The number of nitrogen functional groups attached to an aromatic ring is 1. The van der Waals surface area contributed by atoms with E-state index in [1.54, 1.807) is 13.2 Å². The van der Waals surface area contributed by atoms with E-state index in [1.165, 1.54) is 5.56 Å². The Bertz CT molecular complexity index is 678. The first-order valence-electron chi connectivity index (χ1n) is 7.23. The number of anilines is 1. The lowest BCUT2D eigenvalue weighted by molar-refractivity contribution is 0.0998. The molecule has 0 spiro atoms. The SMILES string of the molecule is COCC(C)c1c(C(N)=O)cc(N)cc1-c1ccc(C)cc1. The van der Waals surface area contributed by atoms with Gasteiger partial charge in [0.2, 0.25) is 5.91 Å². The Balaban J connectivity index is 2.69. The van der Waals surface area contributed by atoms with Gasteiger partial charge in [-0.05, 0) is 35.7 Å². The maximum absolute atomic E-state index is 11.8. The highest BCUT2D eigenvalue weighted by molar-refractivity contribution is 5.98. The lowest BCUT2D eigenvalue weighted by Gasteiger charge is -2.20. The number of benzene rings is 2. The molecule has 4 N–H and O–H groups in total. The van der Waals surface area contributed by atoms with Crippen LogP contribution in [0.2, 0.25) is 0 Å². The molecule has 2 aromatic rings. The first-order valence-corrected chi connectivity index (χ1v) is 7.23. The van der Waals surface area contributed by atoms with E-state index in [4.69, 9.17) is 16.2 Å². The minimum absolute atomic E-state index is 0.0319. The van der Waals surface area contributed by atoms with E-state index in [-0.39, 0.29) is 5.92 Å². The van der Waals surface area contributed by atoms with Crippen molar-refractivity contribution in [2.45, 2.75) is 19.8 Å². The number of hydrogen-bond acceptors (Lipinski definition) is 3. The summed E-state index contributed by atoms with van der Waals surface area (Å²) < 4.78 is 5.25. The highest BCUT2D eigenvalue weighted by Crippen LogP contribution is 2.34. The smallest absolute Gasteiger partial charge is 0.249 e. The topological polar surface area (TPSA) is 78.3 Å². The van der Waals surface area contributed by atoms with Gasteiger partial charge in [-0.1, -0.05) is 36.8 Å². The maximum atomic E-state index is 11.8. The van der Waals surface area contributed by atoms with E-state index in [0.717, 1.165) is 16.7 Å². The van der Waals surface area contributed by atoms with Gasteiger partial charge in [0, 0.05) is 24.3 Å². The number of carbonyl (C=O) groups excluding carboxylic acids is 1. The van der Waals surface area contributed by atoms with E-state index >= 15 is 0 Å². The monoisotopic (exact) mass is 298 g/mol. The fraction of sp³-hybridized carbons (Fsp3) is 0.278. The van der Waals surface area contributed by atoms with Gasteiger partial charge in [-0.2, -0.15) is 0 Å². The summed E-state index contributed by atoms with van der Waals surface area (Å²) in [6.07, 6.45) is 0. The molecule has 2 rings (SSSR count). The van der Waals surface area contributed by atoms with E-state index in [0.29, 0.717) is 17.9 Å². The van der Waals surface area contributed by atoms with Gasteiger partial charge in [0.15, 0.2) is 0 Å². The molecule has 1 atom stereocenters. The number of hydrogen-bond donors (Lipinski definition) is 2. The lowest BCUT2D eigenvalue weighted by Crippen LogP contribution is -2.18. The molecule has 4 heteroatoms. The molecule has 0 saturated carbocycles. The third-order valence-corrected chi connectivity index (χ3v) is 3.74. The molecule has 4 nitrogen and oxygen atoms in total. The molecule has 0 radical (unpaired) electrons. The summed E-state index contributed by atoms with van der Waals surface area (Å²) in [5, 5.41) is 0. The minimum Gasteiger partial charge on any atom is -0.399 e. The van der Waals surface area contributed by atoms with Crippen molar-refractivity contribution in [3.8, 4) is 11.1 Å². The number of carbonyl (C=O) groups is 1. The van der Waals surface area contributed by atoms with Gasteiger partial charge in [0.1, 0.15) is 0 Å². The van der Waals surface area contributed by atoms with Crippen molar-refractivity contribution in [3.63, 3.8) is 0 Å². The van der Waals surface area contributed by atoms with Crippen molar-refractivity contribution in [2.24, 2.45) is 5.73 Å². The van der Waals surface area contributed by atoms with Gasteiger partial charge >= 0.3 is 0 Å². The van der Waals surface area contributed by atoms with Crippen molar-refractivity contribution in [1.82, 2.24) is 0 Å². The molecule has 0 saturated heterocycles. The Kier molecular flexibility index (Phi) is 4.83. The van der Waals surface area contributed by atoms with Crippen molar-refractivity contribution in [3.05, 3.63) is 53.1 Å². The lowest BCUT2D eigenvalue weighted by atomic mass is 9.87. The van der Waals surface area contributed by atoms with Crippen molar-refractivity contribution in [2.75, 3.05) is 19.5 Å². The van der Waals surface area contributed by atoms with Crippen LogP contribution in [0.5, 0.6) is 0 Å². The molecule has 0 fully saturated rings. The van der Waals surface area contributed by atoms with Gasteiger partial charge in [0.25, 0.3) is 0 Å². The highest BCUT2D eigenvalue weighted by Gasteiger charge is 2.20. The molecular formula is C18H22N2O2. The molecule has 0 aromatic heterocycles. The first kappa shape index (κ1) is 16.0. The quantitative estimate of drug-likeness (QED) is 0.833. The van der Waals surface area contributed by atoms with Crippen LogP contribution in [-0.4, -0.2) is 19.6 Å². The molecule has 0 aliphatic carbocycles. The maximum Gasteiger partial charge on any atom is 0.249 e. The van der Waals surface area contributed by atoms with Gasteiger partial charge in [-0.15, -0.1) is 0 Å². The second-order valence-corrected chi connectivity index (χ2v) is 5.62. The van der Waals surface area contributed by atoms with E-state index in [1.807, 2.05) is 44.2 Å². The molecule has 116 valence electrons. The van der Waals surface area contributed by atoms with Crippen molar-refractivity contribution in [1.29, 1.82) is 0 Å². The van der Waals surface area contributed by atoms with Crippen LogP contribution in [0.1, 0.15) is 34.3 Å². The highest BCUT2D eigenvalue weighted by atomic mass is 16.5. The van der Waals surface area contributed by atoms with E-state index in [9.17, 15) is 4.79 Å². The number of amides is 1. The van der Waals surface area contributed by atoms with Crippen molar-refractivity contribution < 1.29 is 9.53 Å². The zero-order valence-corrected chi connectivity index (χ0v) is 13.2. The molecule has 0 heterocycles. The van der Waals surface area contributed by atoms with Crippen LogP contribution >= 0.6 is 0 Å². The molecular weight excluding hydrogens is 276 g/mol. The van der Waals surface area contributed by atoms with Gasteiger partial charge in [0.05, 0.1) is 6.61 Å². The summed E-state index contributed by atoms with van der Waals surface area (Å²) in [5.74, 6) is -0.442. The predicted octanol–water partition coefficient (Wildman–Crippen LogP) is 3.09. The third kappa shape index (κ3) is 3.28. The summed E-state index contributed by atoms with van der Waals surface area (Å²) >= 11 is 0. The average molecular weight is 298 g/mol. The van der Waals surface area contributed by atoms with E-state index in [2.05, 4.69) is 0 Å². The van der Waals surface area contributed by atoms with Crippen molar-refractivity contribution >= 4 is 11.6 Å². The molecule has 2 aromatic carbocycles. The molecule has 0 aliphatic heterocycles. The van der Waals surface area contributed by atoms with Crippen LogP contribution in [-0.2, 0) is 4.74 Å².